The van der Waals surface area contributed by atoms with Crippen LogP contribution in [-0.2, 0) is 23.1 Å². The summed E-state index contributed by atoms with van der Waals surface area (Å²) in [6.07, 6.45) is -1.19. The summed E-state index contributed by atoms with van der Waals surface area (Å²) in [5.41, 5.74) is -0.498. The summed E-state index contributed by atoms with van der Waals surface area (Å²) >= 11 is 1.36. The molecule has 11 heteroatoms. The number of carbonyl (C=O) groups is 1. The van der Waals surface area contributed by atoms with Crippen LogP contribution in [0.3, 0.4) is 0 Å². The smallest absolute Gasteiger partial charge is 0.386 e. The molecule has 3 heterocycles. The second kappa shape index (κ2) is 10.1. The topological polar surface area (TPSA) is 82.8 Å². The fourth-order valence-corrected chi connectivity index (χ4v) is 5.94. The second-order valence-corrected chi connectivity index (χ2v) is 11.7. The van der Waals surface area contributed by atoms with Crippen molar-refractivity contribution in [1.82, 2.24) is 20.0 Å². The van der Waals surface area contributed by atoms with Crippen molar-refractivity contribution in [2.75, 3.05) is 13.1 Å². The highest BCUT2D eigenvalue weighted by molar-refractivity contribution is 8.18. The van der Waals surface area contributed by atoms with Gasteiger partial charge in [0.25, 0.3) is 5.91 Å². The lowest BCUT2D eigenvalue weighted by Gasteiger charge is -2.36. The van der Waals surface area contributed by atoms with Gasteiger partial charge in [-0.2, -0.15) is 23.3 Å². The molecule has 5 rings (SSSR count). The summed E-state index contributed by atoms with van der Waals surface area (Å²) in [5.74, 6) is -0.279. The summed E-state index contributed by atoms with van der Waals surface area (Å²) < 4.78 is 43.1. The van der Waals surface area contributed by atoms with E-state index >= 15 is 0 Å². The van der Waals surface area contributed by atoms with Gasteiger partial charge in [-0.1, -0.05) is 18.2 Å². The van der Waals surface area contributed by atoms with Gasteiger partial charge in [0.1, 0.15) is 0 Å². The Morgan fingerprint density at radius 3 is 2.51 bits per heavy atom. The Morgan fingerprint density at radius 1 is 1.13 bits per heavy atom. The molecule has 2 aliphatic heterocycles. The van der Waals surface area contributed by atoms with E-state index in [1.54, 1.807) is 18.3 Å². The van der Waals surface area contributed by atoms with Crippen LogP contribution in [0.25, 0.3) is 17.0 Å². The maximum Gasteiger partial charge on any atom is 0.416 e. The zero-order valence-electron chi connectivity index (χ0n) is 22.1. The highest BCUT2D eigenvalue weighted by Gasteiger charge is 2.35. The molecule has 1 saturated heterocycles. The Morgan fingerprint density at radius 2 is 1.85 bits per heavy atom. The van der Waals surface area contributed by atoms with E-state index in [0.29, 0.717) is 27.7 Å². The third kappa shape index (κ3) is 5.90. The van der Waals surface area contributed by atoms with Gasteiger partial charge in [-0.25, -0.2) is 0 Å². The first-order chi connectivity index (χ1) is 18.3. The van der Waals surface area contributed by atoms with Gasteiger partial charge in [-0.05, 0) is 80.4 Å². The van der Waals surface area contributed by atoms with E-state index in [4.69, 9.17) is 0 Å². The Labute approximate surface area is 228 Å². The van der Waals surface area contributed by atoms with E-state index in [2.05, 4.69) is 34.2 Å². The molecule has 2 aliphatic rings. The van der Waals surface area contributed by atoms with Crippen LogP contribution >= 0.6 is 11.8 Å². The molecule has 0 bridgehead atoms. The Kier molecular flexibility index (Phi) is 7.11. The molecular formula is C28H30F3N5O2S. The lowest BCUT2D eigenvalue weighted by atomic mass is 9.93. The van der Waals surface area contributed by atoms with Crippen LogP contribution in [0.2, 0.25) is 0 Å². The third-order valence-corrected chi connectivity index (χ3v) is 7.89. The zero-order valence-corrected chi connectivity index (χ0v) is 22.9. The molecule has 39 heavy (non-hydrogen) atoms. The van der Waals surface area contributed by atoms with Gasteiger partial charge in [0.2, 0.25) is 0 Å². The molecule has 0 radical (unpaired) electrons. The van der Waals surface area contributed by atoms with Crippen LogP contribution in [0.15, 0.2) is 52.5 Å². The summed E-state index contributed by atoms with van der Waals surface area (Å²) in [5, 5.41) is 19.4. The molecule has 0 aliphatic carbocycles. The summed E-state index contributed by atoms with van der Waals surface area (Å²) in [6, 6.07) is 9.96. The van der Waals surface area contributed by atoms with Crippen LogP contribution < -0.4 is 5.32 Å². The fraction of sp³-hybridized carbons (Fsp3) is 0.393. The van der Waals surface area contributed by atoms with Crippen LogP contribution in [0.4, 0.5) is 13.2 Å². The highest BCUT2D eigenvalue weighted by atomic mass is 32.2. The Hall–Kier alpha value is -3.15. The predicted molar refractivity (Wildman–Crippen MR) is 147 cm³/mol. The third-order valence-electron chi connectivity index (χ3n) is 6.84. The average Bonchev–Trinajstić information content (AvgIpc) is 3.40. The molecule has 2 N–H and O–H groups in total. The molecule has 3 aromatic rings. The number of aliphatic imine (C=N–C) groups is 1. The lowest BCUT2D eigenvalue weighted by molar-refractivity contribution is -0.138. The lowest BCUT2D eigenvalue weighted by Crippen LogP contribution is -2.55. The number of aromatic nitrogens is 2. The van der Waals surface area contributed by atoms with Crippen molar-refractivity contribution in [3.05, 3.63) is 69.8 Å². The number of piperazine rings is 1. The molecule has 0 unspecified atom stereocenters. The molecule has 2 atom stereocenters. The first-order valence-electron chi connectivity index (χ1n) is 12.7. The monoisotopic (exact) mass is 557 g/mol. The molecular weight excluding hydrogens is 527 g/mol. The molecule has 1 aromatic heterocycles. The van der Waals surface area contributed by atoms with Crippen molar-refractivity contribution in [3.63, 3.8) is 0 Å². The van der Waals surface area contributed by atoms with Gasteiger partial charge >= 0.3 is 6.18 Å². The van der Waals surface area contributed by atoms with Gasteiger partial charge in [0, 0.05) is 30.6 Å². The van der Waals surface area contributed by atoms with Crippen LogP contribution in [0, 0.1) is 0 Å². The largest absolute Gasteiger partial charge is 0.416 e. The van der Waals surface area contributed by atoms with Gasteiger partial charge in [-0.15, -0.1) is 0 Å². The van der Waals surface area contributed by atoms with E-state index in [0.717, 1.165) is 30.1 Å². The number of alkyl halides is 3. The number of benzene rings is 2. The van der Waals surface area contributed by atoms with Crippen molar-refractivity contribution in [2.45, 2.75) is 58.1 Å². The Balaban J connectivity index is 1.37. The normalized spacial score (nSPS) is 21.7. The number of rotatable bonds is 4. The number of hydrogen-bond donors (Lipinski definition) is 2. The number of amides is 1. The van der Waals surface area contributed by atoms with Crippen molar-refractivity contribution in [3.8, 4) is 0 Å². The molecule has 206 valence electrons. The Bertz CT molecular complexity index is 1480. The first-order valence-corrected chi connectivity index (χ1v) is 13.5. The van der Waals surface area contributed by atoms with Gasteiger partial charge in [0.05, 0.1) is 34.3 Å². The average molecular weight is 558 g/mol. The number of thioether (sulfide) groups is 1. The number of hydrogen-bond acceptors (Lipinski definition) is 6. The summed E-state index contributed by atoms with van der Waals surface area (Å²) in [7, 11) is 0. The number of amidine groups is 1. The molecule has 2 aromatic carbocycles. The van der Waals surface area contributed by atoms with Gasteiger partial charge < -0.3 is 15.3 Å². The maximum absolute atomic E-state index is 13.9. The standard InChI is InChI=1S/C28H30F3N5O2S/c1-16-13-35(14-17(2)33-16)26-34-25(37)24(39-26)10-18-5-8-23-20(9-18)12-32-36(23)15-19-6-7-21(27(3,4)38)11-22(19)28(29,30)31/h5-12,16-17,33,38H,13-15H2,1-4H3/t16-,17+. The summed E-state index contributed by atoms with van der Waals surface area (Å²) in [6.45, 7) is 8.57. The minimum Gasteiger partial charge on any atom is -0.386 e. The van der Waals surface area contributed by atoms with Crippen LogP contribution in [-0.4, -0.2) is 56.0 Å². The second-order valence-electron chi connectivity index (χ2n) is 10.7. The van der Waals surface area contributed by atoms with Crippen molar-refractivity contribution >= 4 is 39.8 Å². The van der Waals surface area contributed by atoms with E-state index in [1.165, 1.54) is 42.4 Å². The van der Waals surface area contributed by atoms with Crippen molar-refractivity contribution in [1.29, 1.82) is 0 Å². The number of fused-ring (bicyclic) bond motifs is 1. The molecule has 0 saturated carbocycles. The highest BCUT2D eigenvalue weighted by Crippen LogP contribution is 2.36. The molecule has 1 fully saturated rings. The van der Waals surface area contributed by atoms with E-state index in [9.17, 15) is 23.1 Å². The fourth-order valence-electron chi connectivity index (χ4n) is 5.01. The van der Waals surface area contributed by atoms with Crippen LogP contribution in [0.1, 0.15) is 49.9 Å². The minimum atomic E-state index is -4.58. The quantitative estimate of drug-likeness (QED) is 0.441. The number of nitrogens with one attached hydrogen (secondary N) is 1. The first kappa shape index (κ1) is 27.4. The van der Waals surface area contributed by atoms with E-state index < -0.39 is 17.3 Å². The number of nitrogens with zero attached hydrogens (tertiary/aromatic N) is 4. The van der Waals surface area contributed by atoms with E-state index in [1.807, 2.05) is 12.1 Å². The maximum atomic E-state index is 13.9. The molecule has 1 amide bonds. The zero-order chi connectivity index (χ0) is 28.1. The van der Waals surface area contributed by atoms with Crippen LogP contribution in [0.5, 0.6) is 0 Å². The van der Waals surface area contributed by atoms with Crippen molar-refractivity contribution < 1.29 is 23.1 Å². The van der Waals surface area contributed by atoms with E-state index in [-0.39, 0.29) is 23.6 Å². The van der Waals surface area contributed by atoms with Gasteiger partial charge in [0.15, 0.2) is 5.17 Å². The van der Waals surface area contributed by atoms with Crippen molar-refractivity contribution in [2.24, 2.45) is 4.99 Å². The number of halogens is 3. The predicted octanol–water partition coefficient (Wildman–Crippen LogP) is 4.98. The molecule has 0 spiro atoms. The SMILES string of the molecule is C[C@@H]1CN(C2=NC(=O)C(=Cc3ccc4c(cnn4Cc4ccc(C(C)(C)O)cc4C(F)(F)F)c3)S2)C[C@H](C)N1. The minimum absolute atomic E-state index is 0.0564. The summed E-state index contributed by atoms with van der Waals surface area (Å²) in [4.78, 5) is 19.5. The number of aliphatic hydroxyl groups is 1. The van der Waals surface area contributed by atoms with Gasteiger partial charge in [-0.3, -0.25) is 9.48 Å². The molecule has 7 nitrogen and oxygen atoms in total. The number of carbonyl (C=O) groups excluding carboxylic acids is 1.